The van der Waals surface area contributed by atoms with Crippen molar-refractivity contribution in [1.82, 2.24) is 10.2 Å². The molecule has 0 bridgehead atoms. The van der Waals surface area contributed by atoms with Crippen molar-refractivity contribution >= 4 is 34.1 Å². The van der Waals surface area contributed by atoms with E-state index in [4.69, 9.17) is 9.47 Å². The number of anilines is 1. The van der Waals surface area contributed by atoms with Crippen molar-refractivity contribution in [3.05, 3.63) is 59.7 Å². The average molecular weight is 399 g/mol. The zero-order chi connectivity index (χ0) is 18.6. The van der Waals surface area contributed by atoms with Crippen LogP contribution in [0.4, 0.5) is 5.13 Å². The van der Waals surface area contributed by atoms with Gasteiger partial charge in [0.15, 0.2) is 15.8 Å². The number of carbonyl (C=O) groups excluding carboxylic acids is 1. The highest BCUT2D eigenvalue weighted by molar-refractivity contribution is 8.00. The van der Waals surface area contributed by atoms with Gasteiger partial charge in [0, 0.05) is 5.75 Å². The molecule has 6 nitrogen and oxygen atoms in total. The normalized spacial score (nSPS) is 15.4. The third kappa shape index (κ3) is 4.23. The first-order valence-corrected chi connectivity index (χ1v) is 10.2. The van der Waals surface area contributed by atoms with E-state index in [0.717, 1.165) is 10.1 Å². The van der Waals surface area contributed by atoms with Crippen molar-refractivity contribution in [1.29, 1.82) is 0 Å². The molecule has 0 aliphatic carbocycles. The lowest BCUT2D eigenvalue weighted by Crippen LogP contribution is -2.40. The first-order valence-electron chi connectivity index (χ1n) is 8.39. The molecule has 138 valence electrons. The number of amides is 1. The van der Waals surface area contributed by atoms with Gasteiger partial charge in [0.1, 0.15) is 6.61 Å². The van der Waals surface area contributed by atoms with E-state index in [1.807, 2.05) is 30.3 Å². The number of ether oxygens (including phenoxy) is 2. The van der Waals surface area contributed by atoms with Gasteiger partial charge in [0.25, 0.3) is 5.91 Å². The van der Waals surface area contributed by atoms with Crippen molar-refractivity contribution in [2.24, 2.45) is 0 Å². The van der Waals surface area contributed by atoms with E-state index in [0.29, 0.717) is 16.6 Å². The Hall–Kier alpha value is -2.58. The average Bonchev–Trinajstić information content (AvgIpc) is 3.14. The van der Waals surface area contributed by atoms with Crippen molar-refractivity contribution in [3.63, 3.8) is 0 Å². The Morgan fingerprint density at radius 3 is 2.81 bits per heavy atom. The van der Waals surface area contributed by atoms with Crippen LogP contribution in [-0.2, 0) is 10.5 Å². The minimum Gasteiger partial charge on any atom is -0.485 e. The largest absolute Gasteiger partial charge is 0.485 e. The molecule has 1 N–H and O–H groups in total. The van der Waals surface area contributed by atoms with Crippen LogP contribution in [0, 0.1) is 6.92 Å². The summed E-state index contributed by atoms with van der Waals surface area (Å²) in [7, 11) is 0. The second kappa shape index (κ2) is 7.98. The third-order valence-corrected chi connectivity index (χ3v) is 6.07. The first kappa shape index (κ1) is 17.8. The number of aryl methyl sites for hydroxylation is 1. The van der Waals surface area contributed by atoms with Gasteiger partial charge in [-0.05, 0) is 30.2 Å². The number of aromatic nitrogens is 2. The minimum absolute atomic E-state index is 0.163. The molecule has 4 rings (SSSR count). The van der Waals surface area contributed by atoms with Crippen LogP contribution < -0.4 is 14.8 Å². The highest BCUT2D eigenvalue weighted by Gasteiger charge is 2.28. The molecule has 0 unspecified atom stereocenters. The maximum absolute atomic E-state index is 12.4. The zero-order valence-electron chi connectivity index (χ0n) is 14.5. The Balaban J connectivity index is 1.34. The van der Waals surface area contributed by atoms with Gasteiger partial charge in [-0.15, -0.1) is 10.2 Å². The topological polar surface area (TPSA) is 73.3 Å². The van der Waals surface area contributed by atoms with Crippen LogP contribution in [0.3, 0.4) is 0 Å². The van der Waals surface area contributed by atoms with Gasteiger partial charge in [-0.1, -0.05) is 59.5 Å². The molecule has 1 aliphatic heterocycles. The summed E-state index contributed by atoms with van der Waals surface area (Å²) in [6.07, 6.45) is -0.716. The monoisotopic (exact) mass is 399 g/mol. The molecule has 0 spiro atoms. The Morgan fingerprint density at radius 2 is 1.96 bits per heavy atom. The van der Waals surface area contributed by atoms with E-state index in [-0.39, 0.29) is 12.5 Å². The summed E-state index contributed by atoms with van der Waals surface area (Å²) in [5.41, 5.74) is 2.51. The predicted molar refractivity (Wildman–Crippen MR) is 106 cm³/mol. The minimum atomic E-state index is -0.716. The summed E-state index contributed by atoms with van der Waals surface area (Å²) in [6, 6.07) is 15.5. The third-order valence-electron chi connectivity index (χ3n) is 4.05. The number of hydrogen-bond donors (Lipinski definition) is 1. The van der Waals surface area contributed by atoms with Gasteiger partial charge in [-0.2, -0.15) is 0 Å². The van der Waals surface area contributed by atoms with Crippen molar-refractivity contribution < 1.29 is 14.3 Å². The van der Waals surface area contributed by atoms with Crippen LogP contribution in [0.2, 0.25) is 0 Å². The van der Waals surface area contributed by atoms with Crippen molar-refractivity contribution in [2.45, 2.75) is 23.1 Å². The molecule has 2 aromatic carbocycles. The van der Waals surface area contributed by atoms with Crippen LogP contribution in [0.25, 0.3) is 0 Å². The van der Waals surface area contributed by atoms with Crippen molar-refractivity contribution in [3.8, 4) is 11.5 Å². The lowest BCUT2D eigenvalue weighted by Gasteiger charge is -2.25. The number of thioether (sulfide) groups is 1. The molecule has 1 amide bonds. The molecule has 1 aromatic heterocycles. The van der Waals surface area contributed by atoms with Crippen LogP contribution in [0.5, 0.6) is 11.5 Å². The summed E-state index contributed by atoms with van der Waals surface area (Å²) in [5.74, 6) is 1.73. The van der Waals surface area contributed by atoms with Gasteiger partial charge in [-0.3, -0.25) is 10.1 Å². The van der Waals surface area contributed by atoms with E-state index in [1.165, 1.54) is 22.5 Å². The summed E-state index contributed by atoms with van der Waals surface area (Å²) in [5, 5.41) is 11.4. The Labute approximate surface area is 164 Å². The van der Waals surface area contributed by atoms with Gasteiger partial charge in [-0.25, -0.2) is 0 Å². The van der Waals surface area contributed by atoms with Crippen LogP contribution in [-0.4, -0.2) is 28.8 Å². The SMILES string of the molecule is Cc1ccccc1CSc1nnc(NC(=O)[C@@H]2COc3ccccc3O2)s1. The van der Waals surface area contributed by atoms with Crippen molar-refractivity contribution in [2.75, 3.05) is 11.9 Å². The molecule has 27 heavy (non-hydrogen) atoms. The van der Waals surface area contributed by atoms with Gasteiger partial charge < -0.3 is 9.47 Å². The lowest BCUT2D eigenvalue weighted by molar-refractivity contribution is -0.125. The smallest absolute Gasteiger partial charge is 0.270 e. The second-order valence-electron chi connectivity index (χ2n) is 5.94. The number of rotatable bonds is 5. The summed E-state index contributed by atoms with van der Waals surface area (Å²) >= 11 is 2.95. The Kier molecular flexibility index (Phi) is 5.26. The summed E-state index contributed by atoms with van der Waals surface area (Å²) in [4.78, 5) is 12.4. The number of nitrogens with zero attached hydrogens (tertiary/aromatic N) is 2. The number of para-hydroxylation sites is 2. The number of nitrogens with one attached hydrogen (secondary N) is 1. The highest BCUT2D eigenvalue weighted by Crippen LogP contribution is 2.32. The van der Waals surface area contributed by atoms with Gasteiger partial charge in [0.05, 0.1) is 0 Å². The quantitative estimate of drug-likeness (QED) is 0.518. The summed E-state index contributed by atoms with van der Waals surface area (Å²) in [6.45, 7) is 2.25. The van der Waals surface area contributed by atoms with Gasteiger partial charge >= 0.3 is 0 Å². The molecule has 1 atom stereocenters. The predicted octanol–water partition coefficient (Wildman–Crippen LogP) is 3.92. The standard InChI is InChI=1S/C19H17N3O3S2/c1-12-6-2-3-7-13(12)11-26-19-22-21-18(27-19)20-17(23)16-10-24-14-8-4-5-9-15(14)25-16/h2-9,16H,10-11H2,1H3,(H,20,21,23)/t16-/m0/s1. The molecule has 0 fully saturated rings. The van der Waals surface area contributed by atoms with E-state index in [9.17, 15) is 4.79 Å². The molecule has 0 saturated carbocycles. The number of fused-ring (bicyclic) bond motifs is 1. The van der Waals surface area contributed by atoms with Crippen LogP contribution in [0.15, 0.2) is 52.9 Å². The zero-order valence-corrected chi connectivity index (χ0v) is 16.2. The maximum atomic E-state index is 12.4. The van der Waals surface area contributed by atoms with E-state index >= 15 is 0 Å². The van der Waals surface area contributed by atoms with Gasteiger partial charge in [0.2, 0.25) is 11.2 Å². The van der Waals surface area contributed by atoms with E-state index < -0.39 is 6.10 Å². The fourth-order valence-electron chi connectivity index (χ4n) is 2.56. The second-order valence-corrected chi connectivity index (χ2v) is 8.14. The molecule has 0 saturated heterocycles. The molecule has 2 heterocycles. The molecular weight excluding hydrogens is 382 g/mol. The first-order chi connectivity index (χ1) is 13.2. The fraction of sp³-hybridized carbons (Fsp3) is 0.211. The molecule has 0 radical (unpaired) electrons. The van der Waals surface area contributed by atoms with Crippen LogP contribution in [0.1, 0.15) is 11.1 Å². The molecule has 8 heteroatoms. The number of hydrogen-bond acceptors (Lipinski definition) is 7. The van der Waals surface area contributed by atoms with E-state index in [2.05, 4.69) is 34.6 Å². The number of benzene rings is 2. The summed E-state index contributed by atoms with van der Waals surface area (Å²) < 4.78 is 12.1. The molecule has 1 aliphatic rings. The molecule has 3 aromatic rings. The van der Waals surface area contributed by atoms with E-state index in [1.54, 1.807) is 17.8 Å². The molecular formula is C19H17N3O3S2. The van der Waals surface area contributed by atoms with Crippen LogP contribution >= 0.6 is 23.1 Å². The Bertz CT molecular complexity index is 961. The Morgan fingerprint density at radius 1 is 1.19 bits per heavy atom. The fourth-order valence-corrected chi connectivity index (χ4v) is 4.40. The lowest BCUT2D eigenvalue weighted by atomic mass is 10.1. The highest BCUT2D eigenvalue weighted by atomic mass is 32.2. The number of carbonyl (C=O) groups is 1. The maximum Gasteiger partial charge on any atom is 0.270 e.